The second-order valence-corrected chi connectivity index (χ2v) is 8.47. The monoisotopic (exact) mass is 407 g/mol. The number of benzene rings is 1. The zero-order valence-corrected chi connectivity index (χ0v) is 19.3. The summed E-state index contributed by atoms with van der Waals surface area (Å²) in [5.41, 5.74) is 6.89. The fraction of sp³-hybridized carbons (Fsp3) is 0.444. The fourth-order valence-corrected chi connectivity index (χ4v) is 3.70. The van der Waals surface area contributed by atoms with Crippen LogP contribution >= 0.6 is 0 Å². The third kappa shape index (κ3) is 6.76. The Bertz CT molecular complexity index is 905. The number of rotatable bonds is 10. The molecule has 3 nitrogen and oxygen atoms in total. The van der Waals surface area contributed by atoms with Gasteiger partial charge in [0, 0.05) is 23.0 Å². The van der Waals surface area contributed by atoms with Crippen molar-refractivity contribution < 1.29 is 10.2 Å². The van der Waals surface area contributed by atoms with Crippen LogP contribution in [0, 0.1) is 6.92 Å². The quantitative estimate of drug-likeness (QED) is 0.318. The summed E-state index contributed by atoms with van der Waals surface area (Å²) in [6, 6.07) is 5.79. The molecule has 0 aliphatic carbocycles. The highest BCUT2D eigenvalue weighted by Gasteiger charge is 2.18. The highest BCUT2D eigenvalue weighted by atomic mass is 16.3. The van der Waals surface area contributed by atoms with Crippen LogP contribution in [0.1, 0.15) is 76.6 Å². The molecule has 2 aromatic rings. The molecule has 0 spiro atoms. The second-order valence-electron chi connectivity index (χ2n) is 8.47. The fourth-order valence-electron chi connectivity index (χ4n) is 3.70. The maximum Gasteiger partial charge on any atom is 0.130 e. The molecule has 0 aliphatic heterocycles. The molecule has 0 unspecified atom stereocenters. The zero-order chi connectivity index (χ0) is 22.1. The van der Waals surface area contributed by atoms with Gasteiger partial charge in [-0.1, -0.05) is 43.1 Å². The van der Waals surface area contributed by atoms with Crippen LogP contribution in [0.3, 0.4) is 0 Å². The van der Waals surface area contributed by atoms with Crippen LogP contribution in [0.25, 0.3) is 11.1 Å². The summed E-state index contributed by atoms with van der Waals surface area (Å²) in [5.74, 6) is 0.377. The van der Waals surface area contributed by atoms with Crippen LogP contribution in [0.15, 0.2) is 47.7 Å². The van der Waals surface area contributed by atoms with Gasteiger partial charge in [-0.05, 0) is 89.1 Å². The summed E-state index contributed by atoms with van der Waals surface area (Å²) in [5, 5.41) is 21.9. The van der Waals surface area contributed by atoms with E-state index in [0.29, 0.717) is 12.0 Å². The van der Waals surface area contributed by atoms with Gasteiger partial charge in [0.2, 0.25) is 0 Å². The number of hydrogen-bond donors (Lipinski definition) is 2. The topological polar surface area (TPSA) is 53.4 Å². The number of phenols is 2. The number of aromatic nitrogens is 1. The molecule has 0 atom stereocenters. The molecular formula is C27H37NO2. The predicted octanol–water partition coefficient (Wildman–Crippen LogP) is 7.44. The minimum absolute atomic E-state index is 0.182. The molecule has 1 aromatic carbocycles. The van der Waals surface area contributed by atoms with Crippen molar-refractivity contribution in [2.24, 2.45) is 0 Å². The molecule has 162 valence electrons. The lowest BCUT2D eigenvalue weighted by Gasteiger charge is -2.17. The predicted molar refractivity (Wildman–Crippen MR) is 127 cm³/mol. The van der Waals surface area contributed by atoms with Crippen LogP contribution in [0.5, 0.6) is 11.5 Å². The van der Waals surface area contributed by atoms with Gasteiger partial charge >= 0.3 is 0 Å². The molecule has 0 saturated carbocycles. The number of nitrogens with zero attached hydrogens (tertiary/aromatic N) is 1. The zero-order valence-electron chi connectivity index (χ0n) is 19.3. The standard InChI is InChI=1S/C27H37NO2/c1-6-7-8-12-22-18-25(29)24(14-13-20(4)11-9-10-19(2)3)27(30)26(22)23-15-16-28-21(5)17-23/h10,13,15-18,29-30H,6-9,11-12,14H2,1-5H3/b20-13+. The van der Waals surface area contributed by atoms with Crippen molar-refractivity contribution in [2.45, 2.75) is 79.6 Å². The van der Waals surface area contributed by atoms with Gasteiger partial charge in [0.15, 0.2) is 0 Å². The maximum absolute atomic E-state index is 11.2. The lowest BCUT2D eigenvalue weighted by molar-refractivity contribution is 0.440. The Balaban J connectivity index is 2.39. The van der Waals surface area contributed by atoms with E-state index in [1.165, 1.54) is 11.1 Å². The Kier molecular flexibility index (Phi) is 9.16. The van der Waals surface area contributed by atoms with Gasteiger partial charge in [-0.2, -0.15) is 0 Å². The van der Waals surface area contributed by atoms with Gasteiger partial charge in [-0.15, -0.1) is 0 Å². The molecule has 0 amide bonds. The average Bonchev–Trinajstić information content (AvgIpc) is 2.67. The van der Waals surface area contributed by atoms with E-state index in [9.17, 15) is 10.2 Å². The molecular weight excluding hydrogens is 370 g/mol. The first-order valence-electron chi connectivity index (χ1n) is 11.1. The number of allylic oxidation sites excluding steroid dienone is 4. The van der Waals surface area contributed by atoms with E-state index < -0.39 is 0 Å². The summed E-state index contributed by atoms with van der Waals surface area (Å²) >= 11 is 0. The summed E-state index contributed by atoms with van der Waals surface area (Å²) in [7, 11) is 0. The number of unbranched alkanes of at least 4 members (excludes halogenated alkanes) is 2. The summed E-state index contributed by atoms with van der Waals surface area (Å²) in [4.78, 5) is 4.30. The molecule has 0 bridgehead atoms. The molecule has 2 rings (SSSR count). The highest BCUT2D eigenvalue weighted by molar-refractivity contribution is 5.77. The molecule has 2 N–H and O–H groups in total. The average molecular weight is 408 g/mol. The van der Waals surface area contributed by atoms with Crippen LogP contribution in [-0.4, -0.2) is 15.2 Å². The SMILES string of the molecule is CCCCCc1cc(O)c(C/C=C(\C)CCC=C(C)C)c(O)c1-c1ccnc(C)c1. The molecule has 1 aromatic heterocycles. The second kappa shape index (κ2) is 11.6. The van der Waals surface area contributed by atoms with Crippen molar-refractivity contribution in [1.82, 2.24) is 4.98 Å². The van der Waals surface area contributed by atoms with Crippen molar-refractivity contribution >= 4 is 0 Å². The molecule has 0 saturated heterocycles. The van der Waals surface area contributed by atoms with E-state index >= 15 is 0 Å². The van der Waals surface area contributed by atoms with Gasteiger partial charge in [-0.3, -0.25) is 4.98 Å². The summed E-state index contributed by atoms with van der Waals surface area (Å²) in [6.45, 7) is 10.5. The minimum Gasteiger partial charge on any atom is -0.508 e. The number of aryl methyl sites for hydroxylation is 2. The van der Waals surface area contributed by atoms with E-state index in [-0.39, 0.29) is 11.5 Å². The van der Waals surface area contributed by atoms with Crippen LogP contribution < -0.4 is 0 Å². The Morgan fingerprint density at radius 3 is 2.50 bits per heavy atom. The van der Waals surface area contributed by atoms with Crippen LogP contribution in [0.4, 0.5) is 0 Å². The Morgan fingerprint density at radius 1 is 1.07 bits per heavy atom. The van der Waals surface area contributed by atoms with Crippen molar-refractivity contribution in [3.63, 3.8) is 0 Å². The summed E-state index contributed by atoms with van der Waals surface area (Å²) in [6.07, 6.45) is 12.8. The van der Waals surface area contributed by atoms with Gasteiger partial charge in [0.1, 0.15) is 11.5 Å². The molecule has 3 heteroatoms. The van der Waals surface area contributed by atoms with Crippen molar-refractivity contribution in [3.8, 4) is 22.6 Å². The molecule has 0 fully saturated rings. The van der Waals surface area contributed by atoms with E-state index in [2.05, 4.69) is 44.8 Å². The third-order valence-electron chi connectivity index (χ3n) is 5.44. The maximum atomic E-state index is 11.2. The smallest absolute Gasteiger partial charge is 0.130 e. The van der Waals surface area contributed by atoms with Crippen LogP contribution in [-0.2, 0) is 12.8 Å². The lowest BCUT2D eigenvalue weighted by Crippen LogP contribution is -1.97. The van der Waals surface area contributed by atoms with E-state index in [1.807, 2.05) is 25.1 Å². The van der Waals surface area contributed by atoms with E-state index in [0.717, 1.165) is 60.9 Å². The highest BCUT2D eigenvalue weighted by Crippen LogP contribution is 2.41. The normalized spacial score (nSPS) is 11.6. The lowest BCUT2D eigenvalue weighted by atomic mass is 9.91. The molecule has 0 aliphatic rings. The van der Waals surface area contributed by atoms with Crippen molar-refractivity contribution in [2.75, 3.05) is 0 Å². The number of phenolic OH excluding ortho intramolecular Hbond substituents is 2. The molecule has 1 heterocycles. The Labute approximate surface area is 182 Å². The number of aromatic hydroxyl groups is 2. The largest absolute Gasteiger partial charge is 0.508 e. The van der Waals surface area contributed by atoms with Gasteiger partial charge in [0.05, 0.1) is 0 Å². The number of pyridine rings is 1. The number of hydrogen-bond acceptors (Lipinski definition) is 3. The van der Waals surface area contributed by atoms with Crippen molar-refractivity contribution in [3.05, 3.63) is 64.5 Å². The van der Waals surface area contributed by atoms with Gasteiger partial charge < -0.3 is 10.2 Å². The molecule has 0 radical (unpaired) electrons. The molecule has 30 heavy (non-hydrogen) atoms. The first-order valence-corrected chi connectivity index (χ1v) is 11.1. The first-order chi connectivity index (χ1) is 14.3. The van der Waals surface area contributed by atoms with E-state index in [4.69, 9.17) is 0 Å². The Morgan fingerprint density at radius 2 is 1.83 bits per heavy atom. The Hall–Kier alpha value is -2.55. The minimum atomic E-state index is 0.182. The van der Waals surface area contributed by atoms with Crippen LogP contribution in [0.2, 0.25) is 0 Å². The first kappa shape index (κ1) is 23.7. The summed E-state index contributed by atoms with van der Waals surface area (Å²) < 4.78 is 0. The third-order valence-corrected chi connectivity index (χ3v) is 5.44. The van der Waals surface area contributed by atoms with Gasteiger partial charge in [0.25, 0.3) is 0 Å². The van der Waals surface area contributed by atoms with Crippen molar-refractivity contribution in [1.29, 1.82) is 0 Å². The van der Waals surface area contributed by atoms with E-state index in [1.54, 1.807) is 6.20 Å². The van der Waals surface area contributed by atoms with Gasteiger partial charge in [-0.25, -0.2) is 0 Å².